The highest BCUT2D eigenvalue weighted by atomic mass is 79.9. The first kappa shape index (κ1) is 14.1. The monoisotopic (exact) mass is 321 g/mol. The van der Waals surface area contributed by atoms with Crippen LogP contribution in [0, 0.1) is 12.7 Å². The molecule has 0 saturated heterocycles. The molecule has 0 aliphatic heterocycles. The molecular weight excluding hydrogens is 305 g/mol. The smallest absolute Gasteiger partial charge is 0.139 e. The topological polar surface area (TPSA) is 12.0 Å². The molecule has 0 aliphatic rings. The quantitative estimate of drug-likeness (QED) is 0.828. The van der Waals surface area contributed by atoms with E-state index in [1.165, 1.54) is 17.2 Å². The second kappa shape index (κ2) is 6.20. The maximum Gasteiger partial charge on any atom is 0.139 e. The van der Waals surface area contributed by atoms with E-state index in [9.17, 15) is 4.39 Å². The van der Waals surface area contributed by atoms with Gasteiger partial charge in [-0.2, -0.15) is 0 Å². The summed E-state index contributed by atoms with van der Waals surface area (Å²) in [6.07, 6.45) is 1.05. The Kier molecular flexibility index (Phi) is 4.59. The van der Waals surface area contributed by atoms with Crippen LogP contribution in [0.2, 0.25) is 0 Å². The Bertz CT molecular complexity index is 564. The van der Waals surface area contributed by atoms with Crippen molar-refractivity contribution in [2.75, 3.05) is 5.32 Å². The van der Waals surface area contributed by atoms with Gasteiger partial charge >= 0.3 is 0 Å². The van der Waals surface area contributed by atoms with E-state index in [0.29, 0.717) is 11.0 Å². The molecule has 3 heteroatoms. The van der Waals surface area contributed by atoms with Crippen LogP contribution in [0.5, 0.6) is 0 Å². The molecule has 19 heavy (non-hydrogen) atoms. The number of hydrogen-bond donors (Lipinski definition) is 1. The molecule has 100 valence electrons. The lowest BCUT2D eigenvalue weighted by molar-refractivity contribution is 0.621. The van der Waals surface area contributed by atoms with Crippen LogP contribution in [0.25, 0.3) is 0 Å². The van der Waals surface area contributed by atoms with Gasteiger partial charge in [-0.1, -0.05) is 31.2 Å². The largest absolute Gasteiger partial charge is 0.381 e. The number of aryl methyl sites for hydroxylation is 2. The van der Waals surface area contributed by atoms with Crippen molar-refractivity contribution in [3.05, 3.63) is 63.4 Å². The van der Waals surface area contributed by atoms with E-state index in [-0.39, 0.29) is 5.82 Å². The van der Waals surface area contributed by atoms with Gasteiger partial charge in [0.1, 0.15) is 5.82 Å². The highest BCUT2D eigenvalue weighted by Crippen LogP contribution is 2.24. The molecule has 0 radical (unpaired) electrons. The molecule has 0 spiro atoms. The van der Waals surface area contributed by atoms with Gasteiger partial charge in [0.25, 0.3) is 0 Å². The average molecular weight is 322 g/mol. The van der Waals surface area contributed by atoms with Crippen LogP contribution in [-0.2, 0) is 13.0 Å². The fraction of sp³-hybridized carbons (Fsp3) is 0.250. The highest BCUT2D eigenvalue weighted by molar-refractivity contribution is 9.10. The molecule has 0 aliphatic carbocycles. The van der Waals surface area contributed by atoms with Gasteiger partial charge in [0.05, 0.1) is 4.47 Å². The lowest BCUT2D eigenvalue weighted by Gasteiger charge is -2.11. The molecule has 2 aromatic carbocycles. The van der Waals surface area contributed by atoms with Crippen molar-refractivity contribution in [3.63, 3.8) is 0 Å². The van der Waals surface area contributed by atoms with Gasteiger partial charge in [-0.05, 0) is 58.1 Å². The van der Waals surface area contributed by atoms with Gasteiger partial charge < -0.3 is 5.32 Å². The van der Waals surface area contributed by atoms with E-state index in [4.69, 9.17) is 0 Å². The summed E-state index contributed by atoms with van der Waals surface area (Å²) in [5.41, 5.74) is 4.38. The molecule has 0 atom stereocenters. The molecule has 0 unspecified atom stereocenters. The minimum absolute atomic E-state index is 0.241. The standard InChI is InChI=1S/C16H17BrFN/c1-3-12-4-6-13(7-5-12)10-19-16-9-15(18)14(17)8-11(16)2/h4-9,19H,3,10H2,1-2H3. The molecule has 0 heterocycles. The molecule has 2 rings (SSSR count). The van der Waals surface area contributed by atoms with Crippen LogP contribution in [0.15, 0.2) is 40.9 Å². The van der Waals surface area contributed by atoms with Crippen molar-refractivity contribution in [1.82, 2.24) is 0 Å². The zero-order valence-electron chi connectivity index (χ0n) is 11.1. The Morgan fingerprint density at radius 1 is 1.11 bits per heavy atom. The lowest BCUT2D eigenvalue weighted by atomic mass is 10.1. The number of halogens is 2. The van der Waals surface area contributed by atoms with Crippen LogP contribution in [0.4, 0.5) is 10.1 Å². The number of nitrogens with one attached hydrogen (secondary N) is 1. The van der Waals surface area contributed by atoms with E-state index >= 15 is 0 Å². The summed E-state index contributed by atoms with van der Waals surface area (Å²) < 4.78 is 14.0. The first-order valence-electron chi connectivity index (χ1n) is 6.37. The Morgan fingerprint density at radius 2 is 1.74 bits per heavy atom. The second-order valence-corrected chi connectivity index (χ2v) is 5.46. The average Bonchev–Trinajstić information content (AvgIpc) is 2.42. The second-order valence-electron chi connectivity index (χ2n) is 4.60. The zero-order valence-corrected chi connectivity index (χ0v) is 12.7. The zero-order chi connectivity index (χ0) is 13.8. The van der Waals surface area contributed by atoms with Gasteiger partial charge in [-0.3, -0.25) is 0 Å². The third-order valence-electron chi connectivity index (χ3n) is 3.18. The van der Waals surface area contributed by atoms with Crippen molar-refractivity contribution in [2.24, 2.45) is 0 Å². The first-order valence-corrected chi connectivity index (χ1v) is 7.16. The number of rotatable bonds is 4. The first-order chi connectivity index (χ1) is 9.10. The summed E-state index contributed by atoms with van der Waals surface area (Å²) in [6.45, 7) is 4.81. The van der Waals surface area contributed by atoms with E-state index < -0.39 is 0 Å². The van der Waals surface area contributed by atoms with Crippen molar-refractivity contribution in [3.8, 4) is 0 Å². The van der Waals surface area contributed by atoms with Crippen LogP contribution >= 0.6 is 15.9 Å². The van der Waals surface area contributed by atoms with E-state index in [0.717, 1.165) is 17.7 Å². The van der Waals surface area contributed by atoms with Crippen LogP contribution in [-0.4, -0.2) is 0 Å². The predicted octanol–water partition coefficient (Wildman–Crippen LogP) is 5.07. The maximum absolute atomic E-state index is 13.5. The summed E-state index contributed by atoms with van der Waals surface area (Å²) in [4.78, 5) is 0. The summed E-state index contributed by atoms with van der Waals surface area (Å²) in [6, 6.07) is 11.8. The molecule has 0 amide bonds. The molecule has 0 saturated carbocycles. The maximum atomic E-state index is 13.5. The predicted molar refractivity (Wildman–Crippen MR) is 82.0 cm³/mol. The molecule has 1 N–H and O–H groups in total. The third-order valence-corrected chi connectivity index (χ3v) is 3.79. The minimum atomic E-state index is -0.241. The molecule has 0 aromatic heterocycles. The normalized spacial score (nSPS) is 10.5. The van der Waals surface area contributed by atoms with Crippen molar-refractivity contribution in [2.45, 2.75) is 26.8 Å². The highest BCUT2D eigenvalue weighted by Gasteiger charge is 2.05. The van der Waals surface area contributed by atoms with E-state index in [2.05, 4.69) is 52.4 Å². The molecule has 0 fully saturated rings. The Balaban J connectivity index is 2.07. The summed E-state index contributed by atoms with van der Waals surface area (Å²) in [7, 11) is 0. The Morgan fingerprint density at radius 3 is 2.37 bits per heavy atom. The number of benzene rings is 2. The van der Waals surface area contributed by atoms with E-state index in [1.807, 2.05) is 6.92 Å². The van der Waals surface area contributed by atoms with Crippen LogP contribution in [0.1, 0.15) is 23.6 Å². The van der Waals surface area contributed by atoms with Gasteiger partial charge in [-0.25, -0.2) is 4.39 Å². The molecule has 1 nitrogen and oxygen atoms in total. The van der Waals surface area contributed by atoms with Crippen LogP contribution in [0.3, 0.4) is 0 Å². The Labute approximate surface area is 122 Å². The Hall–Kier alpha value is -1.35. The van der Waals surface area contributed by atoms with Crippen molar-refractivity contribution >= 4 is 21.6 Å². The molecular formula is C16H17BrFN. The summed E-state index contributed by atoms with van der Waals surface area (Å²) in [5.74, 6) is -0.241. The van der Waals surface area contributed by atoms with Crippen molar-refractivity contribution in [1.29, 1.82) is 0 Å². The molecule has 2 aromatic rings. The fourth-order valence-corrected chi connectivity index (χ4v) is 2.38. The summed E-state index contributed by atoms with van der Waals surface area (Å²) >= 11 is 3.19. The molecule has 0 bridgehead atoms. The number of hydrogen-bond acceptors (Lipinski definition) is 1. The fourth-order valence-electron chi connectivity index (χ4n) is 1.93. The van der Waals surface area contributed by atoms with Gasteiger partial charge in [0.15, 0.2) is 0 Å². The van der Waals surface area contributed by atoms with E-state index in [1.54, 1.807) is 6.07 Å². The summed E-state index contributed by atoms with van der Waals surface area (Å²) in [5, 5.41) is 3.27. The lowest BCUT2D eigenvalue weighted by Crippen LogP contribution is -2.02. The van der Waals surface area contributed by atoms with Gasteiger partial charge in [0, 0.05) is 12.2 Å². The number of anilines is 1. The third kappa shape index (κ3) is 3.57. The van der Waals surface area contributed by atoms with Crippen LogP contribution < -0.4 is 5.32 Å². The SMILES string of the molecule is CCc1ccc(CNc2cc(F)c(Br)cc2C)cc1. The van der Waals surface area contributed by atoms with Gasteiger partial charge in [-0.15, -0.1) is 0 Å². The van der Waals surface area contributed by atoms with Crippen molar-refractivity contribution < 1.29 is 4.39 Å². The van der Waals surface area contributed by atoms with Gasteiger partial charge in [0.2, 0.25) is 0 Å². The minimum Gasteiger partial charge on any atom is -0.381 e.